The molecule has 0 saturated carbocycles. The van der Waals surface area contributed by atoms with E-state index in [4.69, 9.17) is 16.7 Å². The summed E-state index contributed by atoms with van der Waals surface area (Å²) in [5.41, 5.74) is 0.243. The van der Waals surface area contributed by atoms with Crippen molar-refractivity contribution in [2.24, 2.45) is 0 Å². The van der Waals surface area contributed by atoms with Crippen LogP contribution >= 0.6 is 34.2 Å². The van der Waals surface area contributed by atoms with Crippen LogP contribution in [-0.4, -0.2) is 34.2 Å². The molecule has 7 heteroatoms. The van der Waals surface area contributed by atoms with Gasteiger partial charge in [-0.2, -0.15) is 0 Å². The van der Waals surface area contributed by atoms with Crippen molar-refractivity contribution in [1.29, 1.82) is 0 Å². The first-order valence-corrected chi connectivity index (χ1v) is 6.45. The molecule has 1 amide bonds. The normalized spacial score (nSPS) is 13.8. The summed E-state index contributed by atoms with van der Waals surface area (Å²) in [5.74, 6) is -1.89. The Hall–Kier alpha value is -0.860. The van der Waals surface area contributed by atoms with E-state index in [-0.39, 0.29) is 5.56 Å². The van der Waals surface area contributed by atoms with E-state index in [2.05, 4.69) is 5.32 Å². The van der Waals surface area contributed by atoms with Gasteiger partial charge in [0.1, 0.15) is 0 Å². The van der Waals surface area contributed by atoms with Crippen molar-refractivity contribution < 1.29 is 19.8 Å². The third-order valence-electron chi connectivity index (χ3n) is 2.22. The Labute approximate surface area is 122 Å². The van der Waals surface area contributed by atoms with E-state index in [9.17, 15) is 14.7 Å². The molecule has 1 aromatic rings. The molecule has 98 valence electrons. The first kappa shape index (κ1) is 15.2. The van der Waals surface area contributed by atoms with Crippen LogP contribution in [0.3, 0.4) is 0 Å². The van der Waals surface area contributed by atoms with Crippen molar-refractivity contribution in [3.05, 3.63) is 32.4 Å². The molecule has 18 heavy (non-hydrogen) atoms. The average molecular weight is 384 g/mol. The lowest BCUT2D eigenvalue weighted by Gasteiger charge is -2.17. The van der Waals surface area contributed by atoms with Crippen LogP contribution in [-0.2, 0) is 4.79 Å². The lowest BCUT2D eigenvalue weighted by atomic mass is 10.1. The first-order chi connectivity index (χ1) is 8.32. The number of benzene rings is 1. The van der Waals surface area contributed by atoms with E-state index >= 15 is 0 Å². The summed E-state index contributed by atoms with van der Waals surface area (Å²) in [6.45, 7) is 1.29. The lowest BCUT2D eigenvalue weighted by molar-refractivity contribution is -0.141. The minimum atomic E-state index is -1.35. The third kappa shape index (κ3) is 3.82. The number of aliphatic carboxylic acids is 1. The molecular weight excluding hydrogens is 372 g/mol. The van der Waals surface area contributed by atoms with Crippen molar-refractivity contribution in [2.75, 3.05) is 0 Å². The van der Waals surface area contributed by atoms with E-state index < -0.39 is 24.0 Å². The zero-order valence-corrected chi connectivity index (χ0v) is 12.3. The van der Waals surface area contributed by atoms with Crippen LogP contribution in [0.1, 0.15) is 17.3 Å². The maximum atomic E-state index is 11.8. The van der Waals surface area contributed by atoms with Crippen molar-refractivity contribution in [3.8, 4) is 0 Å². The summed E-state index contributed by atoms with van der Waals surface area (Å²) in [7, 11) is 0. The molecule has 0 fully saturated rings. The van der Waals surface area contributed by atoms with E-state index in [1.807, 2.05) is 22.6 Å². The second-order valence-electron chi connectivity index (χ2n) is 3.66. The Morgan fingerprint density at radius 3 is 2.50 bits per heavy atom. The molecule has 3 N–H and O–H groups in total. The number of amides is 1. The maximum Gasteiger partial charge on any atom is 0.328 e. The molecular formula is C11H11ClINO4. The number of carboxylic acids is 1. The zero-order valence-electron chi connectivity index (χ0n) is 9.35. The SMILES string of the molecule is C[C@@H](O)[C@H](NC(=O)c1ccc(I)c(Cl)c1)C(=O)O. The molecule has 0 heterocycles. The van der Waals surface area contributed by atoms with Gasteiger partial charge in [0.05, 0.1) is 11.1 Å². The van der Waals surface area contributed by atoms with Crippen LogP contribution in [0.15, 0.2) is 18.2 Å². The Balaban J connectivity index is 2.87. The fraction of sp³-hybridized carbons (Fsp3) is 0.273. The number of carbonyl (C=O) groups is 2. The van der Waals surface area contributed by atoms with Gasteiger partial charge in [-0.15, -0.1) is 0 Å². The molecule has 0 unspecified atom stereocenters. The molecule has 0 spiro atoms. The van der Waals surface area contributed by atoms with Gasteiger partial charge in [-0.25, -0.2) is 4.79 Å². The number of hydrogen-bond donors (Lipinski definition) is 3. The Morgan fingerprint density at radius 2 is 2.06 bits per heavy atom. The van der Waals surface area contributed by atoms with E-state index in [1.54, 1.807) is 6.07 Å². The van der Waals surface area contributed by atoms with Crippen LogP contribution in [0, 0.1) is 3.57 Å². The number of rotatable bonds is 4. The highest BCUT2D eigenvalue weighted by Gasteiger charge is 2.25. The highest BCUT2D eigenvalue weighted by molar-refractivity contribution is 14.1. The number of hydrogen-bond acceptors (Lipinski definition) is 3. The summed E-state index contributed by atoms with van der Waals surface area (Å²) in [4.78, 5) is 22.6. The van der Waals surface area contributed by atoms with Gasteiger partial charge in [0.15, 0.2) is 6.04 Å². The number of carboxylic acid groups (broad SMARTS) is 1. The van der Waals surface area contributed by atoms with Gasteiger partial charge in [-0.05, 0) is 47.7 Å². The van der Waals surface area contributed by atoms with Crippen molar-refractivity contribution in [3.63, 3.8) is 0 Å². The smallest absolute Gasteiger partial charge is 0.328 e. The highest BCUT2D eigenvalue weighted by Crippen LogP contribution is 2.19. The molecule has 1 aromatic carbocycles. The van der Waals surface area contributed by atoms with Crippen LogP contribution in [0.5, 0.6) is 0 Å². The molecule has 0 bridgehead atoms. The molecule has 2 atom stereocenters. The molecule has 0 aliphatic heterocycles. The minimum Gasteiger partial charge on any atom is -0.480 e. The quantitative estimate of drug-likeness (QED) is 0.688. The molecule has 0 aliphatic rings. The van der Waals surface area contributed by atoms with Crippen LogP contribution in [0.25, 0.3) is 0 Å². The topological polar surface area (TPSA) is 86.6 Å². The summed E-state index contributed by atoms with van der Waals surface area (Å²) >= 11 is 7.88. The van der Waals surface area contributed by atoms with Crippen LogP contribution < -0.4 is 5.32 Å². The predicted octanol–water partition coefficient (Wildman–Crippen LogP) is 1.51. The lowest BCUT2D eigenvalue weighted by Crippen LogP contribution is -2.47. The number of aliphatic hydroxyl groups is 1. The standard InChI is InChI=1S/C11H11ClINO4/c1-5(15)9(11(17)18)14-10(16)6-2-3-8(13)7(12)4-6/h2-5,9,15H,1H3,(H,14,16)(H,17,18)/t5-,9+/m1/s1. The second kappa shape index (κ2) is 6.35. The molecule has 0 aromatic heterocycles. The molecule has 5 nitrogen and oxygen atoms in total. The van der Waals surface area contributed by atoms with Crippen molar-refractivity contribution in [2.45, 2.75) is 19.1 Å². The van der Waals surface area contributed by atoms with Gasteiger partial charge >= 0.3 is 5.97 Å². The molecule has 0 saturated heterocycles. The van der Waals surface area contributed by atoms with Crippen LogP contribution in [0.4, 0.5) is 0 Å². The Kier molecular flexibility index (Phi) is 5.36. The molecule has 0 aliphatic carbocycles. The van der Waals surface area contributed by atoms with Gasteiger partial charge in [-0.1, -0.05) is 11.6 Å². The number of carbonyl (C=O) groups excluding carboxylic acids is 1. The number of nitrogens with one attached hydrogen (secondary N) is 1. The largest absolute Gasteiger partial charge is 0.480 e. The third-order valence-corrected chi connectivity index (χ3v) is 3.79. The molecule has 0 radical (unpaired) electrons. The van der Waals surface area contributed by atoms with Gasteiger partial charge < -0.3 is 15.5 Å². The predicted molar refractivity (Wildman–Crippen MR) is 74.7 cm³/mol. The molecule has 1 rings (SSSR count). The van der Waals surface area contributed by atoms with Crippen LogP contribution in [0.2, 0.25) is 5.02 Å². The monoisotopic (exact) mass is 383 g/mol. The van der Waals surface area contributed by atoms with Crippen molar-refractivity contribution >= 4 is 46.1 Å². The van der Waals surface area contributed by atoms with Gasteiger partial charge in [0.25, 0.3) is 5.91 Å². The Morgan fingerprint density at radius 1 is 1.44 bits per heavy atom. The summed E-state index contributed by atoms with van der Waals surface area (Å²) in [5, 5.41) is 20.7. The minimum absolute atomic E-state index is 0.243. The zero-order chi connectivity index (χ0) is 13.9. The van der Waals surface area contributed by atoms with E-state index in [0.29, 0.717) is 5.02 Å². The summed E-state index contributed by atoms with van der Waals surface area (Å²) < 4.78 is 0.788. The average Bonchev–Trinajstić information content (AvgIpc) is 2.28. The van der Waals surface area contributed by atoms with Gasteiger partial charge in [0, 0.05) is 9.13 Å². The fourth-order valence-corrected chi connectivity index (χ4v) is 1.77. The number of halogens is 2. The van der Waals surface area contributed by atoms with Gasteiger partial charge in [0.2, 0.25) is 0 Å². The maximum absolute atomic E-state index is 11.8. The van der Waals surface area contributed by atoms with Crippen molar-refractivity contribution in [1.82, 2.24) is 5.32 Å². The summed E-state index contributed by atoms with van der Waals surface area (Å²) in [6, 6.07) is 3.27. The fourth-order valence-electron chi connectivity index (χ4n) is 1.25. The van der Waals surface area contributed by atoms with E-state index in [1.165, 1.54) is 19.1 Å². The highest BCUT2D eigenvalue weighted by atomic mass is 127. The second-order valence-corrected chi connectivity index (χ2v) is 5.23. The summed E-state index contributed by atoms with van der Waals surface area (Å²) in [6.07, 6.45) is -1.19. The first-order valence-electron chi connectivity index (χ1n) is 4.99. The van der Waals surface area contributed by atoms with Gasteiger partial charge in [-0.3, -0.25) is 4.79 Å². The van der Waals surface area contributed by atoms with E-state index in [0.717, 1.165) is 3.57 Å². The number of aliphatic hydroxyl groups excluding tert-OH is 1. The Bertz CT molecular complexity index is 478.